The van der Waals surface area contributed by atoms with Crippen LogP contribution in [0.2, 0.25) is 0 Å². The zero-order valence-corrected chi connectivity index (χ0v) is 17.7. The van der Waals surface area contributed by atoms with Gasteiger partial charge in [-0.1, -0.05) is 30.3 Å². The first kappa shape index (κ1) is 21.3. The topological polar surface area (TPSA) is 35.9 Å². The van der Waals surface area contributed by atoms with Crippen LogP contribution >= 0.6 is 0 Å². The number of nitrogens with zero attached hydrogens (tertiary/aromatic N) is 2. The number of hydrogen-bond donors (Lipinski definition) is 1. The number of benzene rings is 2. The van der Waals surface area contributed by atoms with E-state index in [1.165, 1.54) is 0 Å². The molecule has 0 aliphatic carbocycles. The molecule has 1 atom stereocenters. The number of halogens is 1. The smallest absolute Gasteiger partial charge is 0.127 e. The Labute approximate surface area is 179 Å². The molecule has 4 nitrogen and oxygen atoms in total. The van der Waals surface area contributed by atoms with E-state index in [1.54, 1.807) is 18.2 Å². The number of likely N-dealkylation sites (tertiary alicyclic amines) is 1. The van der Waals surface area contributed by atoms with Crippen molar-refractivity contribution in [2.45, 2.75) is 44.9 Å². The minimum Gasteiger partial charge on any atom is -0.508 e. The van der Waals surface area contributed by atoms with Crippen LogP contribution in [-0.4, -0.2) is 53.8 Å². The summed E-state index contributed by atoms with van der Waals surface area (Å²) >= 11 is 0. The third-order valence-electron chi connectivity index (χ3n) is 6.38. The zero-order valence-electron chi connectivity index (χ0n) is 17.7. The lowest BCUT2D eigenvalue weighted by Crippen LogP contribution is -2.40. The Morgan fingerprint density at radius 3 is 2.60 bits per heavy atom. The molecule has 2 fully saturated rings. The second kappa shape index (κ2) is 10.4. The summed E-state index contributed by atoms with van der Waals surface area (Å²) in [5.41, 5.74) is 1.94. The summed E-state index contributed by atoms with van der Waals surface area (Å²) in [7, 11) is 0. The number of ether oxygens (including phenoxy) is 1. The molecule has 2 saturated heterocycles. The molecule has 0 aromatic heterocycles. The summed E-state index contributed by atoms with van der Waals surface area (Å²) < 4.78 is 19.9. The molecule has 0 radical (unpaired) electrons. The third kappa shape index (κ3) is 6.03. The molecule has 0 amide bonds. The number of piperidine rings is 1. The molecule has 30 heavy (non-hydrogen) atoms. The Bertz CT molecular complexity index is 801. The second-order valence-electron chi connectivity index (χ2n) is 8.81. The van der Waals surface area contributed by atoms with E-state index in [4.69, 9.17) is 4.74 Å². The van der Waals surface area contributed by atoms with Crippen LogP contribution in [0.1, 0.15) is 36.8 Å². The first-order valence-corrected chi connectivity index (χ1v) is 11.2. The van der Waals surface area contributed by atoms with E-state index in [9.17, 15) is 9.50 Å². The summed E-state index contributed by atoms with van der Waals surface area (Å²) in [5, 5.41) is 9.83. The van der Waals surface area contributed by atoms with Gasteiger partial charge in [0, 0.05) is 38.3 Å². The van der Waals surface area contributed by atoms with Gasteiger partial charge in [0.1, 0.15) is 11.6 Å². The molecule has 0 spiro atoms. The summed E-state index contributed by atoms with van der Waals surface area (Å²) in [6.45, 7) is 6.43. The quantitative estimate of drug-likeness (QED) is 0.696. The summed E-state index contributed by atoms with van der Waals surface area (Å²) in [6.07, 6.45) is 4.88. The van der Waals surface area contributed by atoms with Crippen molar-refractivity contribution in [3.8, 4) is 5.75 Å². The molecule has 2 aromatic carbocycles. The Kier molecular flexibility index (Phi) is 7.37. The number of aromatic hydroxyl groups is 1. The molecule has 5 heteroatoms. The highest BCUT2D eigenvalue weighted by molar-refractivity contribution is 5.27. The van der Waals surface area contributed by atoms with E-state index in [2.05, 4.69) is 15.9 Å². The van der Waals surface area contributed by atoms with Gasteiger partial charge in [0.05, 0.1) is 6.10 Å². The third-order valence-corrected chi connectivity index (χ3v) is 6.38. The highest BCUT2D eigenvalue weighted by Gasteiger charge is 2.25. The zero-order chi connectivity index (χ0) is 20.8. The molecule has 162 valence electrons. The Balaban J connectivity index is 1.31. The van der Waals surface area contributed by atoms with E-state index < -0.39 is 0 Å². The van der Waals surface area contributed by atoms with Gasteiger partial charge in [-0.25, -0.2) is 4.39 Å². The fraction of sp³-hybridized carbons (Fsp3) is 0.520. The predicted molar refractivity (Wildman–Crippen MR) is 117 cm³/mol. The Hall–Kier alpha value is -1.95. The van der Waals surface area contributed by atoms with Crippen LogP contribution in [0.15, 0.2) is 48.5 Å². The lowest BCUT2D eigenvalue weighted by Gasteiger charge is -2.35. The molecule has 0 bridgehead atoms. The second-order valence-corrected chi connectivity index (χ2v) is 8.81. The van der Waals surface area contributed by atoms with Gasteiger partial charge in [0.2, 0.25) is 0 Å². The van der Waals surface area contributed by atoms with Crippen molar-refractivity contribution in [1.82, 2.24) is 9.80 Å². The predicted octanol–water partition coefficient (Wildman–Crippen LogP) is 4.42. The maximum Gasteiger partial charge on any atom is 0.127 e. The minimum atomic E-state index is -0.103. The van der Waals surface area contributed by atoms with E-state index in [1.807, 2.05) is 24.3 Å². The van der Waals surface area contributed by atoms with Crippen LogP contribution in [0.3, 0.4) is 0 Å². The van der Waals surface area contributed by atoms with Gasteiger partial charge in [-0.15, -0.1) is 0 Å². The van der Waals surface area contributed by atoms with E-state index in [0.717, 1.165) is 76.1 Å². The molecule has 0 unspecified atom stereocenters. The van der Waals surface area contributed by atoms with Crippen LogP contribution in [0.4, 0.5) is 4.39 Å². The van der Waals surface area contributed by atoms with Gasteiger partial charge >= 0.3 is 0 Å². The normalized spacial score (nSPS) is 20.8. The highest BCUT2D eigenvalue weighted by atomic mass is 19.1. The molecule has 1 N–H and O–H groups in total. The van der Waals surface area contributed by atoms with Gasteiger partial charge in [-0.05, 0) is 68.5 Å². The minimum absolute atomic E-state index is 0.103. The fourth-order valence-electron chi connectivity index (χ4n) is 4.75. The molecule has 2 aromatic rings. The number of phenols is 1. The SMILES string of the molecule is Oc1cccc(CN(CC2CCN(Cc3ccccc3F)CC2)C[C@H]2CCCO2)c1. The Morgan fingerprint density at radius 1 is 1.03 bits per heavy atom. The van der Waals surface area contributed by atoms with Crippen LogP contribution < -0.4 is 0 Å². The van der Waals surface area contributed by atoms with Crippen LogP contribution in [0.5, 0.6) is 5.75 Å². The standard InChI is InChI=1S/C25H33FN2O2/c26-25-9-2-1-6-22(25)18-27-12-10-20(11-13-27)16-28(19-24-8-4-14-30-24)17-21-5-3-7-23(29)15-21/h1-3,5-7,9,15,20,24,29H,4,8,10-14,16-19H2/t24-/m1/s1. The van der Waals surface area contributed by atoms with Crippen molar-refractivity contribution in [2.24, 2.45) is 5.92 Å². The van der Waals surface area contributed by atoms with Crippen molar-refractivity contribution in [3.05, 3.63) is 65.5 Å². The van der Waals surface area contributed by atoms with E-state index in [0.29, 0.717) is 24.3 Å². The van der Waals surface area contributed by atoms with Crippen LogP contribution in [-0.2, 0) is 17.8 Å². The largest absolute Gasteiger partial charge is 0.508 e. The van der Waals surface area contributed by atoms with E-state index in [-0.39, 0.29) is 5.82 Å². The highest BCUT2D eigenvalue weighted by Crippen LogP contribution is 2.24. The van der Waals surface area contributed by atoms with Gasteiger partial charge in [0.15, 0.2) is 0 Å². The fourth-order valence-corrected chi connectivity index (χ4v) is 4.75. The summed E-state index contributed by atoms with van der Waals surface area (Å²) in [6, 6.07) is 14.7. The molecule has 0 saturated carbocycles. The molecule has 2 aliphatic rings. The maximum absolute atomic E-state index is 14.0. The van der Waals surface area contributed by atoms with Crippen molar-refractivity contribution >= 4 is 0 Å². The van der Waals surface area contributed by atoms with Gasteiger partial charge in [-0.3, -0.25) is 9.80 Å². The van der Waals surface area contributed by atoms with Gasteiger partial charge in [-0.2, -0.15) is 0 Å². The van der Waals surface area contributed by atoms with Crippen LogP contribution in [0.25, 0.3) is 0 Å². The molecule has 4 rings (SSSR count). The first-order valence-electron chi connectivity index (χ1n) is 11.2. The average molecular weight is 413 g/mol. The summed E-state index contributed by atoms with van der Waals surface area (Å²) in [4.78, 5) is 4.87. The van der Waals surface area contributed by atoms with Gasteiger partial charge < -0.3 is 9.84 Å². The van der Waals surface area contributed by atoms with Crippen molar-refractivity contribution in [3.63, 3.8) is 0 Å². The number of hydrogen-bond acceptors (Lipinski definition) is 4. The lowest BCUT2D eigenvalue weighted by molar-refractivity contribution is 0.0569. The molecular formula is C25H33FN2O2. The first-order chi connectivity index (χ1) is 14.7. The Morgan fingerprint density at radius 2 is 1.87 bits per heavy atom. The van der Waals surface area contributed by atoms with Crippen molar-refractivity contribution in [1.29, 1.82) is 0 Å². The van der Waals surface area contributed by atoms with Crippen molar-refractivity contribution in [2.75, 3.05) is 32.8 Å². The van der Waals surface area contributed by atoms with Gasteiger partial charge in [0.25, 0.3) is 0 Å². The van der Waals surface area contributed by atoms with Crippen LogP contribution in [0, 0.1) is 11.7 Å². The monoisotopic (exact) mass is 412 g/mol. The van der Waals surface area contributed by atoms with Crippen molar-refractivity contribution < 1.29 is 14.2 Å². The lowest BCUT2D eigenvalue weighted by atomic mass is 9.95. The molecule has 2 heterocycles. The maximum atomic E-state index is 14.0. The number of rotatable bonds is 8. The number of phenolic OH excluding ortho intramolecular Hbond substituents is 1. The summed E-state index contributed by atoms with van der Waals surface area (Å²) in [5.74, 6) is 0.861. The average Bonchev–Trinajstić information content (AvgIpc) is 3.24. The molecular weight excluding hydrogens is 379 g/mol. The molecule has 2 aliphatic heterocycles. The van der Waals surface area contributed by atoms with E-state index >= 15 is 0 Å².